The molecule has 0 radical (unpaired) electrons. The first-order chi connectivity index (χ1) is 10.9. The van der Waals surface area contributed by atoms with E-state index in [2.05, 4.69) is 16.0 Å². The van der Waals surface area contributed by atoms with E-state index in [1.54, 1.807) is 7.11 Å². The molecular formula is C17H27N3O3. The normalized spacial score (nSPS) is 15.8. The number of benzene rings is 1. The van der Waals surface area contributed by atoms with Crippen molar-refractivity contribution < 1.29 is 14.3 Å². The number of rotatable bonds is 4. The molecule has 0 aliphatic carbocycles. The number of ether oxygens (including phenoxy) is 2. The average molecular weight is 321 g/mol. The third-order valence-corrected chi connectivity index (χ3v) is 3.55. The molecule has 1 aromatic carbocycles. The third kappa shape index (κ3) is 5.63. The molecule has 1 amide bonds. The predicted molar refractivity (Wildman–Crippen MR) is 92.4 cm³/mol. The zero-order valence-electron chi connectivity index (χ0n) is 14.4. The zero-order chi connectivity index (χ0) is 16.9. The lowest BCUT2D eigenvalue weighted by atomic mass is 10.1. The molecule has 1 saturated heterocycles. The molecule has 3 N–H and O–H groups in total. The number of piperidine rings is 1. The summed E-state index contributed by atoms with van der Waals surface area (Å²) < 4.78 is 10.6. The van der Waals surface area contributed by atoms with Crippen molar-refractivity contribution >= 4 is 17.5 Å². The lowest BCUT2D eigenvalue weighted by Crippen LogP contribution is -2.35. The smallest absolute Gasteiger partial charge is 0.412 e. The van der Waals surface area contributed by atoms with Crippen molar-refractivity contribution in [2.24, 2.45) is 0 Å². The lowest BCUT2D eigenvalue weighted by Gasteiger charge is -2.25. The molecule has 6 heteroatoms. The molecule has 0 atom stereocenters. The molecule has 6 nitrogen and oxygen atoms in total. The minimum atomic E-state index is -0.534. The van der Waals surface area contributed by atoms with Gasteiger partial charge in [-0.3, -0.25) is 5.32 Å². The van der Waals surface area contributed by atoms with Gasteiger partial charge in [0.15, 0.2) is 0 Å². The highest BCUT2D eigenvalue weighted by Gasteiger charge is 2.18. The molecule has 0 aromatic heterocycles. The Balaban J connectivity index is 2.02. The Bertz CT molecular complexity index is 534. The fourth-order valence-corrected chi connectivity index (χ4v) is 2.50. The van der Waals surface area contributed by atoms with Crippen LogP contribution in [0.4, 0.5) is 16.2 Å². The van der Waals surface area contributed by atoms with E-state index >= 15 is 0 Å². The van der Waals surface area contributed by atoms with Crippen molar-refractivity contribution in [2.45, 2.75) is 45.3 Å². The van der Waals surface area contributed by atoms with Crippen LogP contribution < -0.4 is 20.7 Å². The second kappa shape index (κ2) is 7.55. The van der Waals surface area contributed by atoms with Gasteiger partial charge in [-0.1, -0.05) is 0 Å². The first-order valence-electron chi connectivity index (χ1n) is 8.03. The second-order valence-electron chi connectivity index (χ2n) is 6.71. The number of nitrogens with one attached hydrogen (secondary N) is 3. The van der Waals surface area contributed by atoms with Crippen molar-refractivity contribution in [3.8, 4) is 5.75 Å². The van der Waals surface area contributed by atoms with Crippen LogP contribution in [0.15, 0.2) is 18.2 Å². The molecular weight excluding hydrogens is 294 g/mol. The summed E-state index contributed by atoms with van der Waals surface area (Å²) in [4.78, 5) is 11.9. The first kappa shape index (κ1) is 17.4. The van der Waals surface area contributed by atoms with E-state index in [0.29, 0.717) is 17.5 Å². The summed E-state index contributed by atoms with van der Waals surface area (Å²) in [7, 11) is 1.59. The molecule has 1 heterocycles. The SMILES string of the molecule is COc1cc(NC2CCNCC2)ccc1NC(=O)OC(C)(C)C. The van der Waals surface area contributed by atoms with Gasteiger partial charge in [0.05, 0.1) is 12.8 Å². The van der Waals surface area contributed by atoms with Crippen molar-refractivity contribution in [2.75, 3.05) is 30.8 Å². The quantitative estimate of drug-likeness (QED) is 0.794. The van der Waals surface area contributed by atoms with Gasteiger partial charge in [-0.15, -0.1) is 0 Å². The van der Waals surface area contributed by atoms with Crippen LogP contribution in [0.1, 0.15) is 33.6 Å². The van der Waals surface area contributed by atoms with Gasteiger partial charge in [0.2, 0.25) is 0 Å². The van der Waals surface area contributed by atoms with Crippen LogP contribution in [0.3, 0.4) is 0 Å². The fourth-order valence-electron chi connectivity index (χ4n) is 2.50. The van der Waals surface area contributed by atoms with Gasteiger partial charge < -0.3 is 20.1 Å². The third-order valence-electron chi connectivity index (χ3n) is 3.55. The fraction of sp³-hybridized carbons (Fsp3) is 0.588. The molecule has 1 aliphatic heterocycles. The summed E-state index contributed by atoms with van der Waals surface area (Å²) in [6.45, 7) is 7.56. The summed E-state index contributed by atoms with van der Waals surface area (Å²) in [5, 5.41) is 9.58. The summed E-state index contributed by atoms with van der Waals surface area (Å²) in [5.41, 5.74) is 1.05. The van der Waals surface area contributed by atoms with E-state index in [0.717, 1.165) is 31.6 Å². The minimum Gasteiger partial charge on any atom is -0.494 e. The van der Waals surface area contributed by atoms with E-state index in [4.69, 9.17) is 9.47 Å². The van der Waals surface area contributed by atoms with Crippen LogP contribution in [0.2, 0.25) is 0 Å². The van der Waals surface area contributed by atoms with Crippen molar-refractivity contribution in [1.82, 2.24) is 5.32 Å². The Morgan fingerprint density at radius 1 is 1.26 bits per heavy atom. The van der Waals surface area contributed by atoms with Crippen LogP contribution in [-0.4, -0.2) is 37.9 Å². The topological polar surface area (TPSA) is 71.6 Å². The average Bonchev–Trinajstić information content (AvgIpc) is 2.48. The van der Waals surface area contributed by atoms with Gasteiger partial charge in [0.25, 0.3) is 0 Å². The van der Waals surface area contributed by atoms with Crippen molar-refractivity contribution in [3.05, 3.63) is 18.2 Å². The molecule has 0 spiro atoms. The highest BCUT2D eigenvalue weighted by atomic mass is 16.6. The Morgan fingerprint density at radius 2 is 1.96 bits per heavy atom. The van der Waals surface area contributed by atoms with Crippen LogP contribution in [-0.2, 0) is 4.74 Å². The number of hydrogen-bond acceptors (Lipinski definition) is 5. The first-order valence-corrected chi connectivity index (χ1v) is 8.03. The highest BCUT2D eigenvalue weighted by Crippen LogP contribution is 2.29. The van der Waals surface area contributed by atoms with Gasteiger partial charge in [0, 0.05) is 17.8 Å². The molecule has 1 aliphatic rings. The van der Waals surface area contributed by atoms with Crippen molar-refractivity contribution in [1.29, 1.82) is 0 Å². The van der Waals surface area contributed by atoms with E-state index in [1.165, 1.54) is 0 Å². The van der Waals surface area contributed by atoms with Gasteiger partial charge >= 0.3 is 6.09 Å². The maximum atomic E-state index is 11.9. The number of methoxy groups -OCH3 is 1. The van der Waals surface area contributed by atoms with E-state index in [1.807, 2.05) is 39.0 Å². The monoisotopic (exact) mass is 321 g/mol. The number of hydrogen-bond donors (Lipinski definition) is 3. The zero-order valence-corrected chi connectivity index (χ0v) is 14.4. The van der Waals surface area contributed by atoms with Gasteiger partial charge in [-0.25, -0.2) is 4.79 Å². The van der Waals surface area contributed by atoms with Crippen molar-refractivity contribution in [3.63, 3.8) is 0 Å². The molecule has 0 unspecified atom stereocenters. The standard InChI is InChI=1S/C17H27N3O3/c1-17(2,3)23-16(21)20-14-6-5-13(11-15(14)22-4)19-12-7-9-18-10-8-12/h5-6,11-12,18-19H,7-10H2,1-4H3,(H,20,21). The summed E-state index contributed by atoms with van der Waals surface area (Å²) >= 11 is 0. The minimum absolute atomic E-state index is 0.464. The molecule has 0 bridgehead atoms. The lowest BCUT2D eigenvalue weighted by molar-refractivity contribution is 0.0635. The number of anilines is 2. The predicted octanol–water partition coefficient (Wildman–Crippen LogP) is 3.21. The maximum absolute atomic E-state index is 11.9. The Morgan fingerprint density at radius 3 is 2.57 bits per heavy atom. The van der Waals surface area contributed by atoms with E-state index < -0.39 is 11.7 Å². The molecule has 23 heavy (non-hydrogen) atoms. The van der Waals surface area contributed by atoms with E-state index in [9.17, 15) is 4.79 Å². The van der Waals surface area contributed by atoms with Gasteiger partial charge in [-0.05, 0) is 58.8 Å². The molecule has 128 valence electrons. The van der Waals surface area contributed by atoms with E-state index in [-0.39, 0.29) is 0 Å². The maximum Gasteiger partial charge on any atom is 0.412 e. The molecule has 1 aromatic rings. The summed E-state index contributed by atoms with van der Waals surface area (Å²) in [5.74, 6) is 0.606. The Hall–Kier alpha value is -1.95. The van der Waals surface area contributed by atoms with Crippen LogP contribution in [0.25, 0.3) is 0 Å². The number of carbonyl (C=O) groups is 1. The van der Waals surface area contributed by atoms with Gasteiger partial charge in [-0.2, -0.15) is 0 Å². The summed E-state index contributed by atoms with van der Waals surface area (Å²) in [6, 6.07) is 6.13. The molecule has 0 saturated carbocycles. The highest BCUT2D eigenvalue weighted by molar-refractivity contribution is 5.87. The molecule has 1 fully saturated rings. The number of carbonyl (C=O) groups excluding carboxylic acids is 1. The molecule has 2 rings (SSSR count). The van der Waals surface area contributed by atoms with Crippen LogP contribution in [0, 0.1) is 0 Å². The van der Waals surface area contributed by atoms with Gasteiger partial charge in [0.1, 0.15) is 11.4 Å². The van der Waals surface area contributed by atoms with Crippen LogP contribution >= 0.6 is 0 Å². The second-order valence-corrected chi connectivity index (χ2v) is 6.71. The van der Waals surface area contributed by atoms with Crippen LogP contribution in [0.5, 0.6) is 5.75 Å². The number of amides is 1. The largest absolute Gasteiger partial charge is 0.494 e. The summed E-state index contributed by atoms with van der Waals surface area (Å²) in [6.07, 6.45) is 1.70. The Kier molecular flexibility index (Phi) is 5.71. The Labute approximate surface area is 137 Å².